The van der Waals surface area contributed by atoms with Gasteiger partial charge in [-0.25, -0.2) is 0 Å². The van der Waals surface area contributed by atoms with Gasteiger partial charge in [-0.1, -0.05) is 75.2 Å². The average molecular weight is 299 g/mol. The minimum Gasteiger partial charge on any atom is -0.102 e. The van der Waals surface area contributed by atoms with Crippen LogP contribution >= 0.6 is 0 Å². The van der Waals surface area contributed by atoms with E-state index < -0.39 is 0 Å². The van der Waals surface area contributed by atoms with Crippen molar-refractivity contribution in [3.63, 3.8) is 0 Å². The molecule has 2 atom stereocenters. The molecule has 0 bridgehead atoms. The second kappa shape index (κ2) is 10.4. The molecule has 0 heteroatoms. The zero-order valence-corrected chi connectivity index (χ0v) is 15.0. The van der Waals surface area contributed by atoms with Gasteiger partial charge in [-0.05, 0) is 50.0 Å². The Labute approximate surface area is 138 Å². The molecule has 0 aliphatic heterocycles. The first-order valence-electron chi connectivity index (χ1n) is 8.87. The van der Waals surface area contributed by atoms with Gasteiger partial charge in [-0.3, -0.25) is 0 Å². The van der Waals surface area contributed by atoms with Gasteiger partial charge in [-0.2, -0.15) is 0 Å². The van der Waals surface area contributed by atoms with E-state index in [4.69, 9.17) is 0 Å². The summed E-state index contributed by atoms with van der Waals surface area (Å²) in [5, 5.41) is 0. The van der Waals surface area contributed by atoms with Crippen LogP contribution in [0.25, 0.3) is 0 Å². The molecule has 1 rings (SSSR count). The van der Waals surface area contributed by atoms with Gasteiger partial charge in [0.2, 0.25) is 0 Å². The Morgan fingerprint density at radius 3 is 2.36 bits per heavy atom. The Hall–Kier alpha value is -1.30. The van der Waals surface area contributed by atoms with Crippen LogP contribution in [-0.2, 0) is 0 Å². The second-order valence-electron chi connectivity index (χ2n) is 7.06. The van der Waals surface area contributed by atoms with Gasteiger partial charge in [-0.15, -0.1) is 6.58 Å². The smallest absolute Gasteiger partial charge is 0.00410 e. The summed E-state index contributed by atoms with van der Waals surface area (Å²) in [5.41, 5.74) is 2.95. The standard InChI is InChI=1S/C22H34/c1-6-22(21-16-8-7-9-17-21)20(5)15-11-14-19(4)13-10-12-18(2)3/h6-9,14,16-18,20,22H,1,10-13,15H2,2-5H3/b19-14+. The fourth-order valence-electron chi connectivity index (χ4n) is 3.04. The molecule has 22 heavy (non-hydrogen) atoms. The summed E-state index contributed by atoms with van der Waals surface area (Å²) >= 11 is 0. The molecule has 0 heterocycles. The SMILES string of the molecule is C=CC(c1ccccc1)C(C)CC/C=C(\C)CCCC(C)C. The highest BCUT2D eigenvalue weighted by molar-refractivity contribution is 5.23. The molecule has 0 nitrogen and oxygen atoms in total. The van der Waals surface area contributed by atoms with Gasteiger partial charge in [0.15, 0.2) is 0 Å². The van der Waals surface area contributed by atoms with Crippen LogP contribution in [0.2, 0.25) is 0 Å². The van der Waals surface area contributed by atoms with E-state index in [-0.39, 0.29) is 0 Å². The van der Waals surface area contributed by atoms with Crippen molar-refractivity contribution in [2.24, 2.45) is 11.8 Å². The minimum atomic E-state index is 0.468. The average Bonchev–Trinajstić information content (AvgIpc) is 2.48. The molecule has 1 aromatic rings. The lowest BCUT2D eigenvalue weighted by Gasteiger charge is -2.20. The number of allylic oxidation sites excluding steroid dienone is 3. The topological polar surface area (TPSA) is 0 Å². The summed E-state index contributed by atoms with van der Waals surface area (Å²) in [6.07, 6.45) is 10.9. The normalized spacial score (nSPS) is 14.9. The van der Waals surface area contributed by atoms with Crippen molar-refractivity contribution in [2.45, 2.75) is 65.7 Å². The van der Waals surface area contributed by atoms with E-state index in [2.05, 4.69) is 76.8 Å². The van der Waals surface area contributed by atoms with Crippen molar-refractivity contribution >= 4 is 0 Å². The molecule has 0 aromatic heterocycles. The van der Waals surface area contributed by atoms with E-state index in [0.29, 0.717) is 11.8 Å². The first-order chi connectivity index (χ1) is 10.5. The fraction of sp³-hybridized carbons (Fsp3) is 0.545. The van der Waals surface area contributed by atoms with Crippen molar-refractivity contribution in [2.75, 3.05) is 0 Å². The largest absolute Gasteiger partial charge is 0.102 e. The molecule has 0 amide bonds. The maximum Gasteiger partial charge on any atom is 0.00410 e. The highest BCUT2D eigenvalue weighted by Gasteiger charge is 2.15. The molecular weight excluding hydrogens is 264 g/mol. The third-order valence-electron chi connectivity index (χ3n) is 4.52. The van der Waals surface area contributed by atoms with Gasteiger partial charge >= 0.3 is 0 Å². The van der Waals surface area contributed by atoms with Crippen molar-refractivity contribution < 1.29 is 0 Å². The first kappa shape index (κ1) is 18.7. The van der Waals surface area contributed by atoms with Crippen molar-refractivity contribution in [1.29, 1.82) is 0 Å². The maximum absolute atomic E-state index is 4.04. The quantitative estimate of drug-likeness (QED) is 0.402. The van der Waals surface area contributed by atoms with Crippen LogP contribution < -0.4 is 0 Å². The Kier molecular flexibility index (Phi) is 8.89. The van der Waals surface area contributed by atoms with Crippen LogP contribution in [-0.4, -0.2) is 0 Å². The third kappa shape index (κ3) is 7.11. The lowest BCUT2D eigenvalue weighted by atomic mass is 9.84. The number of benzene rings is 1. The first-order valence-corrected chi connectivity index (χ1v) is 8.87. The molecule has 0 aliphatic rings. The Morgan fingerprint density at radius 1 is 1.09 bits per heavy atom. The molecule has 2 unspecified atom stereocenters. The summed E-state index contributed by atoms with van der Waals surface area (Å²) in [5.74, 6) is 1.93. The highest BCUT2D eigenvalue weighted by Crippen LogP contribution is 2.29. The van der Waals surface area contributed by atoms with Crippen molar-refractivity contribution in [3.8, 4) is 0 Å². The Morgan fingerprint density at radius 2 is 1.77 bits per heavy atom. The van der Waals surface area contributed by atoms with Crippen molar-refractivity contribution in [3.05, 3.63) is 60.2 Å². The van der Waals surface area contributed by atoms with Gasteiger partial charge in [0, 0.05) is 5.92 Å². The molecule has 1 aromatic carbocycles. The maximum atomic E-state index is 4.04. The predicted molar refractivity (Wildman–Crippen MR) is 100 cm³/mol. The van der Waals surface area contributed by atoms with Gasteiger partial charge in [0.1, 0.15) is 0 Å². The number of rotatable bonds is 10. The van der Waals surface area contributed by atoms with Crippen molar-refractivity contribution in [1.82, 2.24) is 0 Å². The summed E-state index contributed by atoms with van der Waals surface area (Å²) in [6.45, 7) is 13.3. The fourth-order valence-corrected chi connectivity index (χ4v) is 3.04. The molecular formula is C22H34. The predicted octanol–water partition coefficient (Wildman–Crippen LogP) is 7.15. The van der Waals surface area contributed by atoms with Gasteiger partial charge in [0.05, 0.1) is 0 Å². The molecule has 0 spiro atoms. The lowest BCUT2D eigenvalue weighted by molar-refractivity contribution is 0.487. The molecule has 0 radical (unpaired) electrons. The van der Waals surface area contributed by atoms with E-state index in [1.54, 1.807) is 5.57 Å². The molecule has 0 fully saturated rings. The monoisotopic (exact) mass is 298 g/mol. The summed E-state index contributed by atoms with van der Waals surface area (Å²) in [6, 6.07) is 10.8. The van der Waals surface area contributed by atoms with Crippen LogP contribution in [0.15, 0.2) is 54.6 Å². The summed E-state index contributed by atoms with van der Waals surface area (Å²) in [7, 11) is 0. The zero-order valence-electron chi connectivity index (χ0n) is 15.0. The molecule has 0 aliphatic carbocycles. The Balaban J connectivity index is 2.41. The third-order valence-corrected chi connectivity index (χ3v) is 4.52. The molecule has 0 saturated heterocycles. The second-order valence-corrected chi connectivity index (χ2v) is 7.06. The minimum absolute atomic E-state index is 0.468. The van der Waals surface area contributed by atoms with Gasteiger partial charge < -0.3 is 0 Å². The van der Waals surface area contributed by atoms with E-state index in [1.807, 2.05) is 0 Å². The molecule has 122 valence electrons. The zero-order chi connectivity index (χ0) is 16.4. The Bertz CT molecular complexity index is 438. The summed E-state index contributed by atoms with van der Waals surface area (Å²) in [4.78, 5) is 0. The molecule has 0 N–H and O–H groups in total. The van der Waals surface area contributed by atoms with Gasteiger partial charge in [0.25, 0.3) is 0 Å². The summed E-state index contributed by atoms with van der Waals surface area (Å²) < 4.78 is 0. The van der Waals surface area contributed by atoms with E-state index >= 15 is 0 Å². The van der Waals surface area contributed by atoms with E-state index in [1.165, 1.54) is 37.7 Å². The van der Waals surface area contributed by atoms with E-state index in [9.17, 15) is 0 Å². The number of hydrogen-bond donors (Lipinski definition) is 0. The van der Waals surface area contributed by atoms with E-state index in [0.717, 1.165) is 5.92 Å². The van der Waals surface area contributed by atoms with Crippen LogP contribution in [0.3, 0.4) is 0 Å². The molecule has 0 saturated carbocycles. The highest BCUT2D eigenvalue weighted by atomic mass is 14.2. The van der Waals surface area contributed by atoms with Crippen LogP contribution in [0.5, 0.6) is 0 Å². The van der Waals surface area contributed by atoms with Crippen LogP contribution in [0.4, 0.5) is 0 Å². The number of hydrogen-bond acceptors (Lipinski definition) is 0. The van der Waals surface area contributed by atoms with Crippen LogP contribution in [0.1, 0.15) is 71.3 Å². The van der Waals surface area contributed by atoms with Crippen LogP contribution in [0, 0.1) is 11.8 Å². The lowest BCUT2D eigenvalue weighted by Crippen LogP contribution is -2.07.